The highest BCUT2D eigenvalue weighted by molar-refractivity contribution is 5.37. The van der Waals surface area contributed by atoms with Crippen molar-refractivity contribution in [2.24, 2.45) is 23.7 Å². The fraction of sp³-hybridized carbons (Fsp3) is 0.800. The number of hydrogen-bond acceptors (Lipinski definition) is 2. The van der Waals surface area contributed by atoms with Gasteiger partial charge in [0.15, 0.2) is 0 Å². The molecule has 0 heterocycles. The second-order valence-electron chi connectivity index (χ2n) is 11.1. The van der Waals surface area contributed by atoms with Crippen molar-refractivity contribution >= 4 is 0 Å². The fourth-order valence-corrected chi connectivity index (χ4v) is 6.83. The number of benzene rings is 1. The Morgan fingerprint density at radius 1 is 0.719 bits per heavy atom. The zero-order valence-corrected chi connectivity index (χ0v) is 21.0. The van der Waals surface area contributed by atoms with Gasteiger partial charge in [0.2, 0.25) is 0 Å². The number of fused-ring (bicyclic) bond motifs is 2. The van der Waals surface area contributed by atoms with Gasteiger partial charge in [-0.2, -0.15) is 0 Å². The molecule has 0 saturated heterocycles. The third-order valence-electron chi connectivity index (χ3n) is 8.83. The van der Waals surface area contributed by atoms with Crippen molar-refractivity contribution in [2.45, 2.75) is 116 Å². The molecule has 32 heavy (non-hydrogen) atoms. The lowest BCUT2D eigenvalue weighted by Gasteiger charge is -2.45. The minimum atomic E-state index is 0.560. The zero-order valence-electron chi connectivity index (χ0n) is 21.0. The molecule has 1 aromatic carbocycles. The monoisotopic (exact) mass is 440 g/mol. The van der Waals surface area contributed by atoms with Crippen LogP contribution in [0.25, 0.3) is 0 Å². The van der Waals surface area contributed by atoms with Crippen molar-refractivity contribution in [1.29, 1.82) is 0 Å². The molecule has 0 aromatic heterocycles. The Balaban J connectivity index is 1.22. The number of rotatable bonds is 11. The van der Waals surface area contributed by atoms with Crippen LogP contribution < -0.4 is 4.74 Å². The highest BCUT2D eigenvalue weighted by atomic mass is 16.5. The highest BCUT2D eigenvalue weighted by Gasteiger charge is 2.38. The van der Waals surface area contributed by atoms with Crippen LogP contribution in [-0.2, 0) is 17.6 Å². The van der Waals surface area contributed by atoms with E-state index in [1.807, 2.05) is 0 Å². The van der Waals surface area contributed by atoms with E-state index in [0.717, 1.165) is 49.1 Å². The van der Waals surface area contributed by atoms with Crippen molar-refractivity contribution in [3.63, 3.8) is 0 Å². The third-order valence-corrected chi connectivity index (χ3v) is 8.83. The van der Waals surface area contributed by atoms with Crippen LogP contribution in [0.5, 0.6) is 5.75 Å². The van der Waals surface area contributed by atoms with Gasteiger partial charge in [-0.3, -0.25) is 0 Å². The number of ether oxygens (including phenoxy) is 2. The largest absolute Gasteiger partial charge is 0.494 e. The molecule has 2 heteroatoms. The molecule has 0 N–H and O–H groups in total. The van der Waals surface area contributed by atoms with Gasteiger partial charge in [0, 0.05) is 6.61 Å². The van der Waals surface area contributed by atoms with Gasteiger partial charge >= 0.3 is 0 Å². The highest BCUT2D eigenvalue weighted by Crippen LogP contribution is 2.47. The predicted octanol–water partition coefficient (Wildman–Crippen LogP) is 8.15. The van der Waals surface area contributed by atoms with Crippen LogP contribution in [0.4, 0.5) is 0 Å². The summed E-state index contributed by atoms with van der Waals surface area (Å²) in [6.45, 7) is 6.36. The number of hydrogen-bond donors (Lipinski definition) is 0. The Kier molecular flexibility index (Phi) is 9.38. The predicted molar refractivity (Wildman–Crippen MR) is 134 cm³/mol. The minimum Gasteiger partial charge on any atom is -0.494 e. The molecule has 0 spiro atoms. The molecule has 3 aliphatic carbocycles. The van der Waals surface area contributed by atoms with Gasteiger partial charge in [0.05, 0.1) is 12.7 Å². The molecule has 3 unspecified atom stereocenters. The Hall–Kier alpha value is -1.02. The van der Waals surface area contributed by atoms with Crippen LogP contribution in [0, 0.1) is 23.7 Å². The van der Waals surface area contributed by atoms with Crippen molar-refractivity contribution in [3.8, 4) is 5.75 Å². The van der Waals surface area contributed by atoms with Crippen molar-refractivity contribution < 1.29 is 9.47 Å². The molecular formula is C30H48O2. The Morgan fingerprint density at radius 3 is 2.34 bits per heavy atom. The molecule has 2 fully saturated rings. The second kappa shape index (κ2) is 12.4. The first-order valence-electron chi connectivity index (χ1n) is 14.1. The van der Waals surface area contributed by atoms with E-state index in [0.29, 0.717) is 6.10 Å². The summed E-state index contributed by atoms with van der Waals surface area (Å²) in [4.78, 5) is 0. The smallest absolute Gasteiger partial charge is 0.119 e. The molecule has 2 nitrogen and oxygen atoms in total. The molecule has 2 saturated carbocycles. The molecule has 180 valence electrons. The summed E-state index contributed by atoms with van der Waals surface area (Å²) in [5.74, 6) is 4.86. The normalized spacial score (nSPS) is 29.9. The van der Waals surface area contributed by atoms with Crippen molar-refractivity contribution in [1.82, 2.24) is 0 Å². The molecule has 0 amide bonds. The minimum absolute atomic E-state index is 0.560. The quantitative estimate of drug-likeness (QED) is 0.323. The topological polar surface area (TPSA) is 18.5 Å². The summed E-state index contributed by atoms with van der Waals surface area (Å²) in [5.41, 5.74) is 3.16. The summed E-state index contributed by atoms with van der Waals surface area (Å²) < 4.78 is 12.2. The van der Waals surface area contributed by atoms with E-state index in [-0.39, 0.29) is 0 Å². The summed E-state index contributed by atoms with van der Waals surface area (Å²) in [5, 5.41) is 0. The maximum Gasteiger partial charge on any atom is 0.119 e. The summed E-state index contributed by atoms with van der Waals surface area (Å²) in [6.07, 6.45) is 20.6. The van der Waals surface area contributed by atoms with Crippen molar-refractivity contribution in [2.75, 3.05) is 13.2 Å². The molecule has 0 aliphatic heterocycles. The summed E-state index contributed by atoms with van der Waals surface area (Å²) in [7, 11) is 0. The van der Waals surface area contributed by atoms with Gasteiger partial charge in [0.1, 0.15) is 5.75 Å². The maximum absolute atomic E-state index is 6.29. The average molecular weight is 441 g/mol. The van der Waals surface area contributed by atoms with Gasteiger partial charge in [0.25, 0.3) is 0 Å². The Morgan fingerprint density at radius 2 is 1.50 bits per heavy atom. The number of aryl methyl sites for hydroxylation is 1. The van der Waals surface area contributed by atoms with E-state index >= 15 is 0 Å². The van der Waals surface area contributed by atoms with Crippen LogP contribution in [0.1, 0.15) is 108 Å². The van der Waals surface area contributed by atoms with E-state index in [2.05, 4.69) is 32.0 Å². The van der Waals surface area contributed by atoms with E-state index in [1.165, 1.54) is 89.9 Å². The maximum atomic E-state index is 6.29. The van der Waals surface area contributed by atoms with Crippen LogP contribution in [0.2, 0.25) is 0 Å². The summed E-state index contributed by atoms with van der Waals surface area (Å²) in [6, 6.07) is 6.93. The van der Waals surface area contributed by atoms with Crippen LogP contribution in [0.3, 0.4) is 0 Å². The molecular weight excluding hydrogens is 392 g/mol. The molecule has 1 aromatic rings. The third kappa shape index (κ3) is 6.52. The van der Waals surface area contributed by atoms with Gasteiger partial charge < -0.3 is 9.47 Å². The van der Waals surface area contributed by atoms with E-state index in [4.69, 9.17) is 9.47 Å². The van der Waals surface area contributed by atoms with Crippen LogP contribution in [0.15, 0.2) is 18.2 Å². The van der Waals surface area contributed by atoms with Crippen molar-refractivity contribution in [3.05, 3.63) is 29.3 Å². The second-order valence-corrected chi connectivity index (χ2v) is 11.1. The Bertz CT molecular complexity index is 683. The van der Waals surface area contributed by atoms with E-state index < -0.39 is 0 Å². The SMILES string of the molecule is CCCCCCO[C@@H]1CC[C@@H]2CC(C3CCc4cc(OCCCC)ccc4C3)CCC2C1. The average Bonchev–Trinajstić information content (AvgIpc) is 2.83. The lowest BCUT2D eigenvalue weighted by atomic mass is 9.62. The fourth-order valence-electron chi connectivity index (χ4n) is 6.83. The molecule has 3 aliphatic rings. The van der Waals surface area contributed by atoms with Crippen LogP contribution >= 0.6 is 0 Å². The molecule has 0 radical (unpaired) electrons. The van der Waals surface area contributed by atoms with Gasteiger partial charge in [-0.1, -0.05) is 45.6 Å². The first-order chi connectivity index (χ1) is 15.8. The van der Waals surface area contributed by atoms with Gasteiger partial charge in [-0.25, -0.2) is 0 Å². The van der Waals surface area contributed by atoms with E-state index in [1.54, 1.807) is 11.1 Å². The first-order valence-corrected chi connectivity index (χ1v) is 14.1. The van der Waals surface area contributed by atoms with Crippen LogP contribution in [-0.4, -0.2) is 19.3 Å². The van der Waals surface area contributed by atoms with Gasteiger partial charge in [-0.05, 0) is 118 Å². The lowest BCUT2D eigenvalue weighted by molar-refractivity contribution is -0.0250. The Labute approximate surface area is 197 Å². The standard InChI is InChI=1S/C30H48O2/c1-3-5-7-8-18-32-30-16-14-26-20-24(10-12-28(26)22-30)23-9-11-27-21-29(31-17-6-4-2)15-13-25(27)19-23/h13,15,21,23-24,26,28,30H,3-12,14,16-20,22H2,1-2H3/t23?,24?,26-,28?,30-/m1/s1. The molecule has 0 bridgehead atoms. The molecule has 5 atom stereocenters. The summed E-state index contributed by atoms with van der Waals surface area (Å²) >= 11 is 0. The van der Waals surface area contributed by atoms with E-state index in [9.17, 15) is 0 Å². The first kappa shape index (κ1) is 24.1. The lowest BCUT2D eigenvalue weighted by Crippen LogP contribution is -2.37. The van der Waals surface area contributed by atoms with Gasteiger partial charge in [-0.15, -0.1) is 0 Å². The zero-order chi connectivity index (χ0) is 22.2. The molecule has 4 rings (SSSR count). The number of unbranched alkanes of at least 4 members (excludes halogenated alkanes) is 4.